The van der Waals surface area contributed by atoms with Crippen molar-refractivity contribution < 1.29 is 24.2 Å². The van der Waals surface area contributed by atoms with Crippen LogP contribution in [0.4, 0.5) is 5.13 Å². The molecule has 0 saturated carbocycles. The van der Waals surface area contributed by atoms with E-state index in [1.807, 2.05) is 36.4 Å². The number of fused-ring (bicyclic) bond motifs is 1. The summed E-state index contributed by atoms with van der Waals surface area (Å²) >= 11 is 1.29. The van der Waals surface area contributed by atoms with Gasteiger partial charge in [-0.3, -0.25) is 14.5 Å². The van der Waals surface area contributed by atoms with Gasteiger partial charge in [-0.25, -0.2) is 4.98 Å². The number of nitrogens with zero attached hydrogens (tertiary/aromatic N) is 2. The van der Waals surface area contributed by atoms with Crippen LogP contribution in [0.25, 0.3) is 16.0 Å². The first kappa shape index (κ1) is 24.5. The van der Waals surface area contributed by atoms with Gasteiger partial charge in [0.05, 0.1) is 36.1 Å². The molecule has 0 bridgehead atoms. The average Bonchev–Trinajstić information content (AvgIpc) is 3.45. The fourth-order valence-corrected chi connectivity index (χ4v) is 5.48. The Morgan fingerprint density at radius 1 is 0.973 bits per heavy atom. The van der Waals surface area contributed by atoms with Crippen LogP contribution in [0.1, 0.15) is 42.5 Å². The minimum atomic E-state index is -0.852. The van der Waals surface area contributed by atoms with Gasteiger partial charge >= 0.3 is 5.91 Å². The lowest BCUT2D eigenvalue weighted by Crippen LogP contribution is -2.29. The van der Waals surface area contributed by atoms with Crippen LogP contribution in [0.2, 0.25) is 0 Å². The van der Waals surface area contributed by atoms with Gasteiger partial charge in [0.15, 0.2) is 5.13 Å². The van der Waals surface area contributed by atoms with Gasteiger partial charge in [-0.2, -0.15) is 0 Å². The van der Waals surface area contributed by atoms with Crippen LogP contribution in [0.5, 0.6) is 11.5 Å². The number of carbonyl (C=O) groups is 2. The van der Waals surface area contributed by atoms with E-state index in [2.05, 4.69) is 18.8 Å². The number of anilines is 1. The molecule has 5 rings (SSSR count). The number of aromatic nitrogens is 1. The van der Waals surface area contributed by atoms with Gasteiger partial charge in [-0.15, -0.1) is 0 Å². The van der Waals surface area contributed by atoms with E-state index in [-0.39, 0.29) is 11.3 Å². The van der Waals surface area contributed by atoms with Gasteiger partial charge in [0.2, 0.25) is 0 Å². The van der Waals surface area contributed by atoms with Crippen LogP contribution < -0.4 is 14.4 Å². The summed E-state index contributed by atoms with van der Waals surface area (Å²) < 4.78 is 11.4. The van der Waals surface area contributed by atoms with E-state index >= 15 is 0 Å². The summed E-state index contributed by atoms with van der Waals surface area (Å²) in [5, 5.41) is 11.7. The Kier molecular flexibility index (Phi) is 6.43. The largest absolute Gasteiger partial charge is 0.507 e. The lowest BCUT2D eigenvalue weighted by atomic mass is 9.93. The number of aliphatic hydroxyl groups is 1. The van der Waals surface area contributed by atoms with Crippen molar-refractivity contribution in [1.82, 2.24) is 4.98 Å². The first-order valence-electron chi connectivity index (χ1n) is 11.8. The van der Waals surface area contributed by atoms with Crippen LogP contribution in [0, 0.1) is 0 Å². The minimum absolute atomic E-state index is 0.00684. The van der Waals surface area contributed by atoms with E-state index in [4.69, 9.17) is 9.47 Å². The van der Waals surface area contributed by atoms with E-state index in [9.17, 15) is 14.7 Å². The van der Waals surface area contributed by atoms with Gasteiger partial charge in [0.25, 0.3) is 5.78 Å². The maximum Gasteiger partial charge on any atom is 0.301 e. The van der Waals surface area contributed by atoms with E-state index < -0.39 is 17.7 Å². The molecule has 37 heavy (non-hydrogen) atoms. The summed E-state index contributed by atoms with van der Waals surface area (Å²) in [7, 11) is 3.11. The quantitative estimate of drug-likeness (QED) is 0.191. The second-order valence-corrected chi connectivity index (χ2v) is 10.1. The van der Waals surface area contributed by atoms with Crippen LogP contribution in [-0.2, 0) is 9.59 Å². The molecule has 2 heterocycles. The van der Waals surface area contributed by atoms with Crippen molar-refractivity contribution in [1.29, 1.82) is 0 Å². The molecule has 7 nitrogen and oxygen atoms in total. The topological polar surface area (TPSA) is 89.0 Å². The summed E-state index contributed by atoms with van der Waals surface area (Å²) in [4.78, 5) is 33.0. The number of hydrogen-bond donors (Lipinski definition) is 1. The summed E-state index contributed by atoms with van der Waals surface area (Å²) in [5.74, 6) is -0.264. The summed E-state index contributed by atoms with van der Waals surface area (Å²) in [6, 6.07) is 19.1. The van der Waals surface area contributed by atoms with E-state index in [1.54, 1.807) is 37.4 Å². The molecule has 0 spiro atoms. The van der Waals surface area contributed by atoms with Crippen molar-refractivity contribution >= 4 is 44.1 Å². The number of methoxy groups -OCH3 is 2. The highest BCUT2D eigenvalue weighted by Gasteiger charge is 2.48. The highest BCUT2D eigenvalue weighted by atomic mass is 32.1. The SMILES string of the molecule is COc1cccc(C(O)=C2C(=O)C(=O)N(c3nc4ccc(OC)cc4s3)C2c2ccc(C(C)C)cc2)c1. The molecule has 1 saturated heterocycles. The maximum absolute atomic E-state index is 13.5. The highest BCUT2D eigenvalue weighted by molar-refractivity contribution is 7.22. The zero-order chi connectivity index (χ0) is 26.3. The Hall–Kier alpha value is -4.17. The number of Topliss-reactive ketones (excluding diaryl/α,β-unsaturated/α-hetero) is 1. The Morgan fingerprint density at radius 3 is 2.35 bits per heavy atom. The molecule has 3 aromatic carbocycles. The predicted molar refractivity (Wildman–Crippen MR) is 144 cm³/mol. The summed E-state index contributed by atoms with van der Waals surface area (Å²) in [6.45, 7) is 4.19. The van der Waals surface area contributed by atoms with Crippen molar-refractivity contribution in [3.8, 4) is 11.5 Å². The lowest BCUT2D eigenvalue weighted by Gasteiger charge is -2.23. The summed E-state index contributed by atoms with van der Waals surface area (Å²) in [6.07, 6.45) is 0. The number of benzene rings is 3. The molecule has 1 atom stereocenters. The van der Waals surface area contributed by atoms with Crippen LogP contribution in [0.3, 0.4) is 0 Å². The van der Waals surface area contributed by atoms with Crippen molar-refractivity contribution in [2.45, 2.75) is 25.8 Å². The summed E-state index contributed by atoms with van der Waals surface area (Å²) in [5.41, 5.74) is 2.90. The minimum Gasteiger partial charge on any atom is -0.507 e. The average molecular weight is 515 g/mol. The van der Waals surface area contributed by atoms with Gasteiger partial charge in [0, 0.05) is 5.56 Å². The lowest BCUT2D eigenvalue weighted by molar-refractivity contribution is -0.132. The molecule has 188 valence electrons. The molecule has 0 aliphatic carbocycles. The van der Waals surface area contributed by atoms with Gasteiger partial charge in [-0.1, -0.05) is 61.6 Å². The maximum atomic E-state index is 13.5. The molecule has 0 radical (unpaired) electrons. The smallest absolute Gasteiger partial charge is 0.301 e. The van der Waals surface area contributed by atoms with Crippen LogP contribution in [0.15, 0.2) is 72.3 Å². The van der Waals surface area contributed by atoms with Crippen LogP contribution in [-0.4, -0.2) is 36.0 Å². The third-order valence-electron chi connectivity index (χ3n) is 6.50. The molecule has 1 unspecified atom stereocenters. The number of ketones is 1. The van der Waals surface area contributed by atoms with Crippen molar-refractivity contribution in [2.75, 3.05) is 19.1 Å². The molecule has 1 fully saturated rings. The molecule has 4 aromatic rings. The molecule has 1 aromatic heterocycles. The highest BCUT2D eigenvalue weighted by Crippen LogP contribution is 2.45. The fourth-order valence-electron chi connectivity index (χ4n) is 4.46. The molecular weight excluding hydrogens is 488 g/mol. The van der Waals surface area contributed by atoms with Crippen molar-refractivity contribution in [2.24, 2.45) is 0 Å². The molecule has 1 N–H and O–H groups in total. The van der Waals surface area contributed by atoms with Gasteiger partial charge < -0.3 is 14.6 Å². The Morgan fingerprint density at radius 2 is 1.68 bits per heavy atom. The third-order valence-corrected chi connectivity index (χ3v) is 7.51. The number of ether oxygens (including phenoxy) is 2. The normalized spacial score (nSPS) is 17.1. The van der Waals surface area contributed by atoms with E-state index in [0.717, 1.165) is 10.3 Å². The number of carbonyl (C=O) groups excluding carboxylic acids is 2. The van der Waals surface area contributed by atoms with Crippen LogP contribution >= 0.6 is 11.3 Å². The number of aliphatic hydroxyl groups excluding tert-OH is 1. The first-order valence-corrected chi connectivity index (χ1v) is 12.6. The molecule has 8 heteroatoms. The number of thiazole rings is 1. The fraction of sp³-hybridized carbons (Fsp3) is 0.207. The third kappa shape index (κ3) is 4.34. The van der Waals surface area contributed by atoms with E-state index in [0.29, 0.717) is 39.2 Å². The number of hydrogen-bond acceptors (Lipinski definition) is 7. The van der Waals surface area contributed by atoms with E-state index in [1.165, 1.54) is 23.3 Å². The second kappa shape index (κ2) is 9.71. The van der Waals surface area contributed by atoms with Gasteiger partial charge in [0.1, 0.15) is 17.3 Å². The molecule has 1 amide bonds. The Labute approximate surface area is 218 Å². The van der Waals surface area contributed by atoms with Crippen molar-refractivity contribution in [3.05, 3.63) is 89.0 Å². The standard InChI is InChI=1S/C29H26N2O5S/c1-16(2)17-8-10-18(11-9-17)25-24(26(32)19-6-5-7-20(14-19)35-3)27(33)28(34)31(25)29-30-22-13-12-21(36-4)15-23(22)37-29/h5-16,25,32H,1-4H3. The Bertz CT molecular complexity index is 1540. The monoisotopic (exact) mass is 514 g/mol. The zero-order valence-electron chi connectivity index (χ0n) is 20.9. The number of amides is 1. The molecule has 1 aliphatic rings. The Balaban J connectivity index is 1.71. The zero-order valence-corrected chi connectivity index (χ0v) is 21.7. The first-order chi connectivity index (χ1) is 17.8. The molecule has 1 aliphatic heterocycles. The molecular formula is C29H26N2O5S. The second-order valence-electron chi connectivity index (χ2n) is 9.05. The van der Waals surface area contributed by atoms with Gasteiger partial charge in [-0.05, 0) is 47.4 Å². The number of rotatable bonds is 6. The predicted octanol–water partition coefficient (Wildman–Crippen LogP) is 6.06. The van der Waals surface area contributed by atoms with Crippen molar-refractivity contribution in [3.63, 3.8) is 0 Å².